The highest BCUT2D eigenvalue weighted by molar-refractivity contribution is 7.13. The molecule has 0 bridgehead atoms. The molecular weight excluding hydrogens is 382 g/mol. The molecule has 0 saturated carbocycles. The van der Waals surface area contributed by atoms with Crippen LogP contribution in [0.1, 0.15) is 60.0 Å². The number of carbonyl (C=O) groups excluding carboxylic acids is 1. The zero-order valence-electron chi connectivity index (χ0n) is 24.8. The molecule has 1 amide bonds. The Morgan fingerprint density at radius 3 is 2.69 bits per heavy atom. The van der Waals surface area contributed by atoms with Crippen LogP contribution in [0.4, 0.5) is 10.8 Å². The predicted octanol–water partition coefficient (Wildman–Crippen LogP) is 4.66. The number of thiazole rings is 1. The highest BCUT2D eigenvalue weighted by atomic mass is 32.1. The molecule has 1 heterocycles. The Kier molecular flexibility index (Phi) is 4.25. The van der Waals surface area contributed by atoms with Crippen molar-refractivity contribution >= 4 is 28.1 Å². The normalized spacial score (nSPS) is 17.4. The number of nitrogens with one attached hydrogen (secondary N) is 1. The summed E-state index contributed by atoms with van der Waals surface area (Å²) in [5, 5.41) is 12.7. The van der Waals surface area contributed by atoms with Crippen LogP contribution in [-0.4, -0.2) is 16.0 Å². The van der Waals surface area contributed by atoms with Gasteiger partial charge in [0.2, 0.25) is 5.91 Å². The van der Waals surface area contributed by atoms with Crippen LogP contribution in [0.3, 0.4) is 0 Å². The van der Waals surface area contributed by atoms with Crippen LogP contribution in [0.2, 0.25) is 0 Å². The van der Waals surface area contributed by atoms with E-state index in [-0.39, 0.29) is 76.4 Å². The zero-order chi connectivity index (χ0) is 28.6. The molecule has 29 heavy (non-hydrogen) atoms. The summed E-state index contributed by atoms with van der Waals surface area (Å²) in [4.78, 5) is 16.2. The largest absolute Gasteiger partial charge is 0.388 e. The van der Waals surface area contributed by atoms with Crippen molar-refractivity contribution in [2.24, 2.45) is 0 Å². The van der Waals surface area contributed by atoms with Crippen LogP contribution < -0.4 is 11.1 Å². The number of aliphatic hydroxyl groups excluding tert-OH is 1. The van der Waals surface area contributed by atoms with Crippen LogP contribution in [0.15, 0.2) is 53.8 Å². The van der Waals surface area contributed by atoms with Gasteiger partial charge < -0.3 is 16.2 Å². The maximum Gasteiger partial charge on any atom is 0.230 e. The van der Waals surface area contributed by atoms with E-state index in [1.807, 2.05) is 0 Å². The topological polar surface area (TPSA) is 88.2 Å². The molecule has 3 aromatic rings. The van der Waals surface area contributed by atoms with Gasteiger partial charge in [0.25, 0.3) is 0 Å². The van der Waals surface area contributed by atoms with Crippen LogP contribution in [-0.2, 0) is 17.6 Å². The summed E-state index contributed by atoms with van der Waals surface area (Å²) in [5.41, 5.74) is 5.99. The number of benzene rings is 2. The number of hydrogen-bond donors (Lipinski definition) is 3. The molecule has 152 valence electrons. The Labute approximate surface area is 188 Å². The van der Waals surface area contributed by atoms with E-state index in [0.29, 0.717) is 5.56 Å². The number of amides is 1. The lowest BCUT2D eigenvalue weighted by Gasteiger charge is -2.11. The van der Waals surface area contributed by atoms with E-state index in [1.54, 1.807) is 12.1 Å². The fraction of sp³-hybridized carbons (Fsp3) is 0.304. The number of nitrogens with zero attached hydrogens (tertiary/aromatic N) is 1. The summed E-state index contributed by atoms with van der Waals surface area (Å²) in [6, 6.07) is 4.96. The molecule has 5 nitrogen and oxygen atoms in total. The van der Waals surface area contributed by atoms with Gasteiger partial charge in [0.15, 0.2) is 5.13 Å². The van der Waals surface area contributed by atoms with Crippen molar-refractivity contribution in [2.75, 3.05) is 11.1 Å². The number of aliphatic hydroxyl groups is 1. The summed E-state index contributed by atoms with van der Waals surface area (Å²) >= 11 is 0.761. The average molecular weight is 419 g/mol. The number of aryl methyl sites for hydroxylation is 1. The first-order valence-electron chi connectivity index (χ1n) is 13.4. The molecule has 0 spiro atoms. The van der Waals surface area contributed by atoms with E-state index in [1.165, 1.54) is 19.1 Å². The highest BCUT2D eigenvalue weighted by Gasteiger charge is 2.08. The molecule has 3 rings (SSSR count). The van der Waals surface area contributed by atoms with Crippen LogP contribution in [0.25, 0.3) is 0 Å². The first-order valence-corrected chi connectivity index (χ1v) is 9.75. The lowest BCUT2D eigenvalue weighted by molar-refractivity contribution is -0.115. The maximum atomic E-state index is 12.5. The van der Waals surface area contributed by atoms with E-state index in [0.717, 1.165) is 11.3 Å². The second-order valence-corrected chi connectivity index (χ2v) is 7.13. The minimum atomic E-state index is -2.58. The Morgan fingerprint density at radius 1 is 1.31 bits per heavy atom. The summed E-state index contributed by atoms with van der Waals surface area (Å²) in [6.07, 6.45) is -6.01. The van der Waals surface area contributed by atoms with Crippen molar-refractivity contribution in [1.82, 2.24) is 4.98 Å². The predicted molar refractivity (Wildman–Crippen MR) is 119 cm³/mol. The third-order valence-electron chi connectivity index (χ3n) is 3.94. The Balaban J connectivity index is 1.64. The minimum Gasteiger partial charge on any atom is -0.388 e. The quantitative estimate of drug-likeness (QED) is 0.471. The first kappa shape index (κ1) is 12.1. The molecule has 0 fully saturated rings. The van der Waals surface area contributed by atoms with Gasteiger partial charge in [0, 0.05) is 16.5 Å². The molecule has 0 aliphatic heterocycles. The Bertz CT molecular complexity index is 1320. The number of anilines is 2. The molecule has 2 aromatic carbocycles. The van der Waals surface area contributed by atoms with Gasteiger partial charge in [0.1, 0.15) is 0 Å². The average Bonchev–Trinajstić information content (AvgIpc) is 3.20. The van der Waals surface area contributed by atoms with E-state index in [2.05, 4.69) is 10.3 Å². The third kappa shape index (κ3) is 6.69. The van der Waals surface area contributed by atoms with Crippen molar-refractivity contribution in [3.8, 4) is 0 Å². The van der Waals surface area contributed by atoms with Gasteiger partial charge in [-0.1, -0.05) is 48.3 Å². The number of hydrogen-bond acceptors (Lipinski definition) is 5. The second kappa shape index (κ2) is 10.2. The van der Waals surface area contributed by atoms with Crippen molar-refractivity contribution in [2.45, 2.75) is 45.0 Å². The van der Waals surface area contributed by atoms with Gasteiger partial charge in [-0.25, -0.2) is 4.98 Å². The number of aromatic nitrogens is 1. The van der Waals surface area contributed by atoms with Gasteiger partial charge in [0.05, 0.1) is 25.0 Å². The molecule has 6 heteroatoms. The Hall–Kier alpha value is -2.70. The van der Waals surface area contributed by atoms with Crippen LogP contribution in [0.5, 0.6) is 0 Å². The minimum absolute atomic E-state index is 0.0192. The van der Waals surface area contributed by atoms with E-state index < -0.39 is 24.8 Å². The number of nitrogens with two attached hydrogens (primary N) is 1. The molecule has 4 N–H and O–H groups in total. The number of rotatable bonds is 9. The summed E-state index contributed by atoms with van der Waals surface area (Å²) in [6.45, 7) is 1.47. The van der Waals surface area contributed by atoms with E-state index in [4.69, 9.17) is 18.1 Å². The summed E-state index contributed by atoms with van der Waals surface area (Å²) in [5.74, 6) is -1.03. The van der Waals surface area contributed by atoms with Crippen LogP contribution >= 0.6 is 11.3 Å². The van der Waals surface area contributed by atoms with Gasteiger partial charge in [-0.3, -0.25) is 4.79 Å². The fourth-order valence-electron chi connectivity index (χ4n) is 2.45. The molecule has 0 radical (unpaired) electrons. The summed E-state index contributed by atoms with van der Waals surface area (Å²) in [7, 11) is 0. The van der Waals surface area contributed by atoms with E-state index >= 15 is 0 Å². The van der Waals surface area contributed by atoms with Crippen molar-refractivity contribution in [3.05, 3.63) is 76.2 Å². The zero-order valence-corrected chi connectivity index (χ0v) is 16.6. The molecular formula is C23H27N3O2S. The van der Waals surface area contributed by atoms with Crippen LogP contribution in [0, 0.1) is 6.92 Å². The van der Waals surface area contributed by atoms with Gasteiger partial charge >= 0.3 is 0 Å². The monoisotopic (exact) mass is 418 g/mol. The standard InChI is InChI=1S/C23H27N3O2S/c1-16-6-10-18(11-7-16)21(27)5-3-2-4-17-8-12-19(13-9-17)25-22(28)14-20-15-29-23(24)26-20/h6-13,15,21,27H,2-5,14H2,1H3,(H2,24,26)(H,25,28)/t21-/m0/s1/i2D2,6D,7D,10D,11D,14D2,15D. The maximum absolute atomic E-state index is 12.5. The van der Waals surface area contributed by atoms with Crippen molar-refractivity contribution in [3.63, 3.8) is 0 Å². The lowest BCUT2D eigenvalue weighted by atomic mass is 10.0. The molecule has 0 saturated heterocycles. The SMILES string of the molecule is [2H]c1sc(N)nc1C([2H])([2H])C(=O)Nc1ccc(CC([2H])([2H])CC[C@H](O)c2c([2H])c([2H])c(C)c([2H])c2[2H])cc1. The lowest BCUT2D eigenvalue weighted by Crippen LogP contribution is -2.14. The molecule has 1 atom stereocenters. The number of carbonyl (C=O) groups is 1. The van der Waals surface area contributed by atoms with Crippen molar-refractivity contribution in [1.29, 1.82) is 0 Å². The van der Waals surface area contributed by atoms with Gasteiger partial charge in [-0.2, -0.15) is 0 Å². The Morgan fingerprint density at radius 2 is 2.03 bits per heavy atom. The third-order valence-corrected chi connectivity index (χ3v) is 4.54. The second-order valence-electron chi connectivity index (χ2n) is 6.30. The van der Waals surface area contributed by atoms with E-state index in [9.17, 15) is 9.90 Å². The molecule has 0 aliphatic rings. The first-order chi connectivity index (χ1) is 17.5. The fourth-order valence-corrected chi connectivity index (χ4v) is 2.89. The van der Waals surface area contributed by atoms with Gasteiger partial charge in [-0.15, -0.1) is 11.3 Å². The van der Waals surface area contributed by atoms with Gasteiger partial charge in [-0.05, 0) is 49.4 Å². The van der Waals surface area contributed by atoms with Crippen molar-refractivity contribution < 1.29 is 22.2 Å². The smallest absolute Gasteiger partial charge is 0.230 e. The molecule has 0 aliphatic carbocycles. The molecule has 0 unspecified atom stereocenters. The number of nitrogen functional groups attached to an aromatic ring is 1. The highest BCUT2D eigenvalue weighted by Crippen LogP contribution is 2.21. The molecule has 1 aromatic heterocycles. The summed E-state index contributed by atoms with van der Waals surface area (Å²) < 4.78 is 72.5.